The standard InChI is InChI=1S/C16H24N2O3S/c1-3-11(4-2)12-9-14(21-17-12)16(19)18-6-8-22-15-10-20-7-5-13(15)18/h9,11,13,15H,3-8,10H2,1-2H3/t13-,15-/m0/s1. The van der Waals surface area contributed by atoms with Gasteiger partial charge >= 0.3 is 0 Å². The molecule has 0 N–H and O–H groups in total. The highest BCUT2D eigenvalue weighted by molar-refractivity contribution is 8.00. The number of rotatable bonds is 4. The van der Waals surface area contributed by atoms with Crippen molar-refractivity contribution in [1.29, 1.82) is 0 Å². The zero-order valence-corrected chi connectivity index (χ0v) is 14.1. The summed E-state index contributed by atoms with van der Waals surface area (Å²) in [4.78, 5) is 14.8. The Bertz CT molecular complexity index is 513. The maximum Gasteiger partial charge on any atom is 0.292 e. The molecule has 2 saturated heterocycles. The van der Waals surface area contributed by atoms with Gasteiger partial charge in [0.05, 0.1) is 12.3 Å². The Hall–Kier alpha value is -1.01. The quantitative estimate of drug-likeness (QED) is 0.852. The van der Waals surface area contributed by atoms with Gasteiger partial charge < -0.3 is 14.2 Å². The van der Waals surface area contributed by atoms with Crippen molar-refractivity contribution >= 4 is 17.7 Å². The SMILES string of the molecule is CCC(CC)c1cc(C(=O)N2CCS[C@H]3COCC[C@@H]32)on1. The molecular weight excluding hydrogens is 300 g/mol. The number of ether oxygens (including phenoxy) is 1. The van der Waals surface area contributed by atoms with Crippen LogP contribution in [0.5, 0.6) is 0 Å². The minimum atomic E-state index is -0.0121. The molecule has 2 aliphatic heterocycles. The molecule has 1 aromatic heterocycles. The Balaban J connectivity index is 1.75. The van der Waals surface area contributed by atoms with Crippen LogP contribution < -0.4 is 0 Å². The van der Waals surface area contributed by atoms with Crippen molar-refractivity contribution in [1.82, 2.24) is 10.1 Å². The van der Waals surface area contributed by atoms with E-state index in [4.69, 9.17) is 9.26 Å². The molecule has 1 aromatic rings. The van der Waals surface area contributed by atoms with E-state index >= 15 is 0 Å². The van der Waals surface area contributed by atoms with Gasteiger partial charge in [0.25, 0.3) is 5.91 Å². The van der Waals surface area contributed by atoms with Crippen molar-refractivity contribution in [2.75, 3.05) is 25.5 Å². The van der Waals surface area contributed by atoms with Gasteiger partial charge in [0.1, 0.15) is 0 Å². The predicted molar refractivity (Wildman–Crippen MR) is 86.3 cm³/mol. The number of thioether (sulfide) groups is 1. The lowest BCUT2D eigenvalue weighted by atomic mass is 9.99. The molecule has 0 spiro atoms. The summed E-state index contributed by atoms with van der Waals surface area (Å²) in [6.07, 6.45) is 2.94. The summed E-state index contributed by atoms with van der Waals surface area (Å²) in [5.41, 5.74) is 0.906. The number of aromatic nitrogens is 1. The third-order valence-electron chi connectivity index (χ3n) is 4.74. The molecule has 2 aliphatic rings. The van der Waals surface area contributed by atoms with Gasteiger partial charge in [-0.15, -0.1) is 0 Å². The number of hydrogen-bond acceptors (Lipinski definition) is 5. The molecule has 1 amide bonds. The van der Waals surface area contributed by atoms with Crippen molar-refractivity contribution in [2.24, 2.45) is 0 Å². The van der Waals surface area contributed by atoms with Crippen LogP contribution in [-0.2, 0) is 4.74 Å². The molecule has 2 fully saturated rings. The Kier molecular flexibility index (Phi) is 5.08. The van der Waals surface area contributed by atoms with Crippen molar-refractivity contribution in [3.8, 4) is 0 Å². The van der Waals surface area contributed by atoms with Crippen LogP contribution in [0.2, 0.25) is 0 Å². The number of fused-ring (bicyclic) bond motifs is 1. The van der Waals surface area contributed by atoms with Gasteiger partial charge in [-0.25, -0.2) is 0 Å². The molecule has 22 heavy (non-hydrogen) atoms. The van der Waals surface area contributed by atoms with Gasteiger partial charge in [-0.1, -0.05) is 19.0 Å². The van der Waals surface area contributed by atoms with Gasteiger partial charge in [-0.2, -0.15) is 11.8 Å². The molecule has 0 aliphatic carbocycles. The molecule has 2 atom stereocenters. The second-order valence-corrected chi connectivity index (χ2v) is 7.32. The highest BCUT2D eigenvalue weighted by Crippen LogP contribution is 2.31. The zero-order chi connectivity index (χ0) is 15.5. The van der Waals surface area contributed by atoms with Crippen LogP contribution in [-0.4, -0.2) is 52.8 Å². The van der Waals surface area contributed by atoms with E-state index in [1.54, 1.807) is 0 Å². The second-order valence-electron chi connectivity index (χ2n) is 5.97. The normalized spacial score (nSPS) is 25.3. The van der Waals surface area contributed by atoms with Crippen molar-refractivity contribution in [3.05, 3.63) is 17.5 Å². The van der Waals surface area contributed by atoms with E-state index in [9.17, 15) is 4.79 Å². The average Bonchev–Trinajstić information content (AvgIpc) is 3.05. The Morgan fingerprint density at radius 1 is 1.50 bits per heavy atom. The molecule has 0 bridgehead atoms. The van der Waals surface area contributed by atoms with Crippen molar-refractivity contribution in [2.45, 2.75) is 50.3 Å². The highest BCUT2D eigenvalue weighted by atomic mass is 32.2. The number of hydrogen-bond donors (Lipinski definition) is 0. The van der Waals surface area contributed by atoms with E-state index in [2.05, 4.69) is 19.0 Å². The second kappa shape index (κ2) is 7.04. The first-order valence-electron chi connectivity index (χ1n) is 8.21. The number of carbonyl (C=O) groups is 1. The average molecular weight is 324 g/mol. The molecule has 0 unspecified atom stereocenters. The van der Waals surface area contributed by atoms with E-state index in [1.807, 2.05) is 22.7 Å². The fourth-order valence-corrected chi connectivity index (χ4v) is 4.67. The fourth-order valence-electron chi connectivity index (χ4n) is 3.37. The van der Waals surface area contributed by atoms with Crippen LogP contribution in [0.25, 0.3) is 0 Å². The monoisotopic (exact) mass is 324 g/mol. The minimum absolute atomic E-state index is 0.0121. The predicted octanol–water partition coefficient (Wildman–Crippen LogP) is 2.92. The highest BCUT2D eigenvalue weighted by Gasteiger charge is 2.38. The summed E-state index contributed by atoms with van der Waals surface area (Å²) in [5.74, 6) is 1.71. The van der Waals surface area contributed by atoms with Gasteiger partial charge in [-0.05, 0) is 19.3 Å². The maximum absolute atomic E-state index is 12.8. The fraction of sp³-hybridized carbons (Fsp3) is 0.750. The molecule has 0 aromatic carbocycles. The summed E-state index contributed by atoms with van der Waals surface area (Å²) in [5, 5.41) is 4.52. The molecule has 122 valence electrons. The first-order valence-corrected chi connectivity index (χ1v) is 9.26. The topological polar surface area (TPSA) is 55.6 Å². The van der Waals surface area contributed by atoms with Crippen LogP contribution in [0.3, 0.4) is 0 Å². The van der Waals surface area contributed by atoms with Crippen LogP contribution >= 0.6 is 11.8 Å². The molecule has 3 rings (SSSR count). The lowest BCUT2D eigenvalue weighted by molar-refractivity contribution is 0.0296. The number of amides is 1. The number of carbonyl (C=O) groups excluding carboxylic acids is 1. The molecule has 3 heterocycles. The van der Waals surface area contributed by atoms with Crippen LogP contribution in [0, 0.1) is 0 Å². The van der Waals surface area contributed by atoms with Crippen LogP contribution in [0.1, 0.15) is 55.3 Å². The lowest BCUT2D eigenvalue weighted by Gasteiger charge is -2.42. The van der Waals surface area contributed by atoms with Gasteiger partial charge in [0.2, 0.25) is 5.76 Å². The van der Waals surface area contributed by atoms with E-state index in [1.165, 1.54) is 0 Å². The molecule has 0 radical (unpaired) electrons. The van der Waals surface area contributed by atoms with Crippen molar-refractivity contribution in [3.63, 3.8) is 0 Å². The Morgan fingerprint density at radius 2 is 2.32 bits per heavy atom. The third kappa shape index (κ3) is 3.04. The third-order valence-corrected chi connectivity index (χ3v) is 6.03. The van der Waals surface area contributed by atoms with E-state index < -0.39 is 0 Å². The largest absolute Gasteiger partial charge is 0.380 e. The summed E-state index contributed by atoms with van der Waals surface area (Å²) < 4.78 is 10.9. The number of nitrogens with zero attached hydrogens (tertiary/aromatic N) is 2. The van der Waals surface area contributed by atoms with Gasteiger partial charge in [-0.3, -0.25) is 4.79 Å². The van der Waals surface area contributed by atoms with Crippen molar-refractivity contribution < 1.29 is 14.1 Å². The van der Waals surface area contributed by atoms with Crippen LogP contribution in [0.15, 0.2) is 10.6 Å². The van der Waals surface area contributed by atoms with Gasteiger partial charge in [0, 0.05) is 42.2 Å². The van der Waals surface area contributed by atoms with E-state index in [-0.39, 0.29) is 11.9 Å². The Labute approximate surface area is 135 Å². The van der Waals surface area contributed by atoms with E-state index in [0.29, 0.717) is 16.9 Å². The summed E-state index contributed by atoms with van der Waals surface area (Å²) in [7, 11) is 0. The lowest BCUT2D eigenvalue weighted by Crippen LogP contribution is -2.54. The molecule has 0 saturated carbocycles. The summed E-state index contributed by atoms with van der Waals surface area (Å²) >= 11 is 1.92. The first kappa shape index (κ1) is 15.9. The van der Waals surface area contributed by atoms with Gasteiger partial charge in [0.15, 0.2) is 0 Å². The molecule has 5 nitrogen and oxygen atoms in total. The minimum Gasteiger partial charge on any atom is -0.380 e. The summed E-state index contributed by atoms with van der Waals surface area (Å²) in [6.45, 7) is 6.54. The zero-order valence-electron chi connectivity index (χ0n) is 13.3. The Morgan fingerprint density at radius 3 is 3.09 bits per heavy atom. The smallest absolute Gasteiger partial charge is 0.292 e. The van der Waals surface area contributed by atoms with E-state index in [0.717, 1.165) is 50.5 Å². The molecular formula is C16H24N2O3S. The molecule has 6 heteroatoms. The van der Waals surface area contributed by atoms with Crippen LogP contribution in [0.4, 0.5) is 0 Å². The summed E-state index contributed by atoms with van der Waals surface area (Å²) in [6, 6.07) is 2.11. The maximum atomic E-state index is 12.8. The first-order chi connectivity index (χ1) is 10.7.